The van der Waals surface area contributed by atoms with E-state index >= 15 is 0 Å². The zero-order chi connectivity index (χ0) is 14.5. The van der Waals surface area contributed by atoms with Crippen molar-refractivity contribution in [2.75, 3.05) is 17.2 Å². The normalized spacial score (nSPS) is 9.90. The highest BCUT2D eigenvalue weighted by atomic mass is 19.1. The summed E-state index contributed by atoms with van der Waals surface area (Å²) in [6.45, 7) is 2.46. The summed E-state index contributed by atoms with van der Waals surface area (Å²) in [5.41, 5.74) is 0.236. The minimum atomic E-state index is -0.644. The van der Waals surface area contributed by atoms with Gasteiger partial charge in [-0.1, -0.05) is 0 Å². The zero-order valence-corrected chi connectivity index (χ0v) is 10.6. The Morgan fingerprint density at radius 3 is 2.80 bits per heavy atom. The molecule has 1 heterocycles. The van der Waals surface area contributed by atoms with Crippen LogP contribution in [0.5, 0.6) is 0 Å². The molecule has 0 atom stereocenters. The smallest absolute Gasteiger partial charge is 0.224 e. The van der Waals surface area contributed by atoms with E-state index in [4.69, 9.17) is 5.26 Å². The average molecular weight is 275 g/mol. The van der Waals surface area contributed by atoms with Gasteiger partial charge in [0.25, 0.3) is 0 Å². The monoisotopic (exact) mass is 275 g/mol. The number of aromatic nitrogens is 2. The molecule has 0 bridgehead atoms. The lowest BCUT2D eigenvalue weighted by atomic mass is 10.2. The van der Waals surface area contributed by atoms with E-state index in [2.05, 4.69) is 20.6 Å². The third-order valence-electron chi connectivity index (χ3n) is 2.43. The number of nitrogens with zero attached hydrogens (tertiary/aromatic N) is 3. The Hall–Kier alpha value is -2.75. The molecule has 2 rings (SSSR count). The van der Waals surface area contributed by atoms with Crippen molar-refractivity contribution < 1.29 is 8.78 Å². The fraction of sp³-hybridized carbons (Fsp3) is 0.154. The van der Waals surface area contributed by atoms with Gasteiger partial charge >= 0.3 is 0 Å². The van der Waals surface area contributed by atoms with Gasteiger partial charge in [-0.2, -0.15) is 10.2 Å². The third kappa shape index (κ3) is 2.98. The Morgan fingerprint density at radius 1 is 1.30 bits per heavy atom. The first-order valence-electron chi connectivity index (χ1n) is 5.87. The largest absolute Gasteiger partial charge is 0.354 e. The van der Waals surface area contributed by atoms with Gasteiger partial charge in [0.05, 0.1) is 11.8 Å². The molecule has 1 aromatic heterocycles. The number of rotatable bonds is 4. The molecule has 0 aliphatic rings. The van der Waals surface area contributed by atoms with Crippen LogP contribution in [0.4, 0.5) is 26.2 Å². The molecule has 0 radical (unpaired) electrons. The van der Waals surface area contributed by atoms with Crippen molar-refractivity contribution in [3.8, 4) is 6.07 Å². The molecule has 102 valence electrons. The first-order valence-corrected chi connectivity index (χ1v) is 5.87. The van der Waals surface area contributed by atoms with Gasteiger partial charge in [-0.25, -0.2) is 13.8 Å². The van der Waals surface area contributed by atoms with E-state index in [1.807, 2.05) is 6.92 Å². The summed E-state index contributed by atoms with van der Waals surface area (Å²) < 4.78 is 26.8. The van der Waals surface area contributed by atoms with E-state index in [9.17, 15) is 8.78 Å². The van der Waals surface area contributed by atoms with Crippen LogP contribution >= 0.6 is 0 Å². The maximum absolute atomic E-state index is 13.6. The third-order valence-corrected chi connectivity index (χ3v) is 2.43. The zero-order valence-electron chi connectivity index (χ0n) is 10.6. The Morgan fingerprint density at radius 2 is 2.10 bits per heavy atom. The van der Waals surface area contributed by atoms with Crippen LogP contribution in [0.25, 0.3) is 0 Å². The first-order chi connectivity index (χ1) is 9.63. The Labute approximate surface area is 114 Å². The number of nitrogens with one attached hydrogen (secondary N) is 2. The Bertz CT molecular complexity index is 666. The van der Waals surface area contributed by atoms with Crippen molar-refractivity contribution in [1.29, 1.82) is 5.26 Å². The number of benzene rings is 1. The van der Waals surface area contributed by atoms with Gasteiger partial charge < -0.3 is 10.6 Å². The van der Waals surface area contributed by atoms with Gasteiger partial charge in [-0.15, -0.1) is 0 Å². The molecule has 0 spiro atoms. The summed E-state index contributed by atoms with van der Waals surface area (Å²) in [7, 11) is 0. The second kappa shape index (κ2) is 5.93. The SMILES string of the molecule is CCNc1ncc(F)c(Nc2ccc(F)c(C#N)c2)n1. The van der Waals surface area contributed by atoms with Crippen molar-refractivity contribution in [2.45, 2.75) is 6.92 Å². The van der Waals surface area contributed by atoms with Crippen molar-refractivity contribution in [2.24, 2.45) is 0 Å². The summed E-state index contributed by atoms with van der Waals surface area (Å²) >= 11 is 0. The standard InChI is InChI=1S/C13H11F2N5/c1-2-17-13-18-7-11(15)12(20-13)19-9-3-4-10(14)8(5-9)6-16/h3-5,7H,2H2,1H3,(H2,17,18,19,20). The molecule has 0 fully saturated rings. The van der Waals surface area contributed by atoms with E-state index < -0.39 is 11.6 Å². The number of nitriles is 1. The molecule has 0 saturated carbocycles. The van der Waals surface area contributed by atoms with Crippen molar-refractivity contribution in [1.82, 2.24) is 9.97 Å². The topological polar surface area (TPSA) is 73.6 Å². The maximum atomic E-state index is 13.6. The van der Waals surface area contributed by atoms with Gasteiger partial charge in [-0.05, 0) is 25.1 Å². The van der Waals surface area contributed by atoms with Crippen LogP contribution in [0.3, 0.4) is 0 Å². The fourth-order valence-corrected chi connectivity index (χ4v) is 1.52. The molecular formula is C13H11F2N5. The molecule has 2 aromatic rings. The maximum Gasteiger partial charge on any atom is 0.224 e. The lowest BCUT2D eigenvalue weighted by Crippen LogP contribution is -2.06. The number of hydrogen-bond acceptors (Lipinski definition) is 5. The molecule has 0 aliphatic heterocycles. The highest BCUT2D eigenvalue weighted by Gasteiger charge is 2.09. The van der Waals surface area contributed by atoms with Gasteiger partial charge in [0.1, 0.15) is 11.9 Å². The Kier molecular flexibility index (Phi) is 4.05. The molecule has 0 unspecified atom stereocenters. The van der Waals surface area contributed by atoms with Crippen LogP contribution in [0, 0.1) is 23.0 Å². The van der Waals surface area contributed by atoms with Crippen LogP contribution in [0.15, 0.2) is 24.4 Å². The molecule has 0 aliphatic carbocycles. The molecule has 1 aromatic carbocycles. The summed E-state index contributed by atoms with van der Waals surface area (Å²) in [5, 5.41) is 14.3. The predicted octanol–water partition coefficient (Wildman–Crippen LogP) is 2.80. The Balaban J connectivity index is 2.30. The molecule has 5 nitrogen and oxygen atoms in total. The summed E-state index contributed by atoms with van der Waals surface area (Å²) in [6.07, 6.45) is 1.03. The summed E-state index contributed by atoms with van der Waals surface area (Å²) in [5.74, 6) is -1.05. The van der Waals surface area contributed by atoms with E-state index in [1.165, 1.54) is 12.1 Å². The van der Waals surface area contributed by atoms with Crippen LogP contribution in [0.2, 0.25) is 0 Å². The predicted molar refractivity (Wildman–Crippen MR) is 70.6 cm³/mol. The number of anilines is 3. The van der Waals surface area contributed by atoms with E-state index in [-0.39, 0.29) is 17.3 Å². The minimum absolute atomic E-state index is 0.0496. The summed E-state index contributed by atoms with van der Waals surface area (Å²) in [4.78, 5) is 7.72. The number of hydrogen-bond donors (Lipinski definition) is 2. The lowest BCUT2D eigenvalue weighted by Gasteiger charge is -2.09. The molecular weight excluding hydrogens is 264 g/mol. The quantitative estimate of drug-likeness (QED) is 0.897. The van der Waals surface area contributed by atoms with Crippen LogP contribution in [0.1, 0.15) is 12.5 Å². The van der Waals surface area contributed by atoms with Gasteiger partial charge in [0.2, 0.25) is 5.95 Å². The van der Waals surface area contributed by atoms with E-state index in [0.717, 1.165) is 12.3 Å². The fourth-order valence-electron chi connectivity index (χ4n) is 1.52. The van der Waals surface area contributed by atoms with Crippen LogP contribution in [-0.4, -0.2) is 16.5 Å². The molecule has 20 heavy (non-hydrogen) atoms. The van der Waals surface area contributed by atoms with Crippen molar-refractivity contribution >= 4 is 17.5 Å². The summed E-state index contributed by atoms with van der Waals surface area (Å²) in [6, 6.07) is 5.52. The molecule has 0 saturated heterocycles. The van der Waals surface area contributed by atoms with Crippen molar-refractivity contribution in [3.63, 3.8) is 0 Å². The van der Waals surface area contributed by atoms with Crippen molar-refractivity contribution in [3.05, 3.63) is 41.6 Å². The average Bonchev–Trinajstić information content (AvgIpc) is 2.45. The molecule has 2 N–H and O–H groups in total. The highest BCUT2D eigenvalue weighted by Crippen LogP contribution is 2.20. The van der Waals surface area contributed by atoms with E-state index in [0.29, 0.717) is 12.2 Å². The number of halogens is 2. The van der Waals surface area contributed by atoms with E-state index in [1.54, 1.807) is 6.07 Å². The first kappa shape index (κ1) is 13.7. The molecule has 7 heteroatoms. The second-order valence-corrected chi connectivity index (χ2v) is 3.85. The molecule has 0 amide bonds. The van der Waals surface area contributed by atoms with Gasteiger partial charge in [0, 0.05) is 12.2 Å². The highest BCUT2D eigenvalue weighted by molar-refractivity contribution is 5.59. The lowest BCUT2D eigenvalue weighted by molar-refractivity contribution is 0.619. The van der Waals surface area contributed by atoms with Gasteiger partial charge in [-0.3, -0.25) is 0 Å². The second-order valence-electron chi connectivity index (χ2n) is 3.85. The van der Waals surface area contributed by atoms with Gasteiger partial charge in [0.15, 0.2) is 11.6 Å². The minimum Gasteiger partial charge on any atom is -0.354 e. The van der Waals surface area contributed by atoms with Crippen LogP contribution < -0.4 is 10.6 Å². The van der Waals surface area contributed by atoms with Crippen LogP contribution in [-0.2, 0) is 0 Å².